The van der Waals surface area contributed by atoms with Gasteiger partial charge in [-0.3, -0.25) is 9.59 Å². The van der Waals surface area contributed by atoms with Gasteiger partial charge in [0.25, 0.3) is 0 Å². The molecule has 1 aromatic heterocycles. The van der Waals surface area contributed by atoms with E-state index in [-0.39, 0.29) is 23.7 Å². The number of anilines is 2. The average Bonchev–Trinajstić information content (AvgIpc) is 2.64. The lowest BCUT2D eigenvalue weighted by Gasteiger charge is -2.20. The van der Waals surface area contributed by atoms with E-state index >= 15 is 0 Å². The van der Waals surface area contributed by atoms with Gasteiger partial charge < -0.3 is 10.6 Å². The van der Waals surface area contributed by atoms with Crippen molar-refractivity contribution in [1.29, 1.82) is 0 Å². The van der Waals surface area contributed by atoms with E-state index in [2.05, 4.69) is 33.8 Å². The van der Waals surface area contributed by atoms with Gasteiger partial charge in [0.1, 0.15) is 0 Å². The summed E-state index contributed by atoms with van der Waals surface area (Å²) in [6, 6.07) is 3.54. The largest absolute Gasteiger partial charge is 0.323 e. The lowest BCUT2D eigenvalue weighted by Crippen LogP contribution is -2.27. The highest BCUT2D eigenvalue weighted by Gasteiger charge is 2.22. The normalized spacial score (nSPS) is 22.8. The van der Waals surface area contributed by atoms with Crippen LogP contribution in [-0.2, 0) is 9.59 Å². The van der Waals surface area contributed by atoms with Crippen LogP contribution in [0.25, 0.3) is 0 Å². The third-order valence-corrected chi connectivity index (χ3v) is 4.59. The first-order chi connectivity index (χ1) is 11.7. The second kappa shape index (κ2) is 7.90. The Morgan fingerprint density at radius 2 is 1.54 bits per heavy atom. The SMILES string of the molecule is O=C(Nc1cccnc1NC(=O)C1CC=CCC1)C1CC=CCC1. The van der Waals surface area contributed by atoms with Crippen LogP contribution in [0.3, 0.4) is 0 Å². The summed E-state index contributed by atoms with van der Waals surface area (Å²) in [7, 11) is 0. The van der Waals surface area contributed by atoms with Crippen molar-refractivity contribution < 1.29 is 9.59 Å². The van der Waals surface area contributed by atoms with Crippen LogP contribution >= 0.6 is 0 Å². The number of pyridine rings is 1. The molecule has 126 valence electrons. The zero-order valence-electron chi connectivity index (χ0n) is 13.7. The van der Waals surface area contributed by atoms with Crippen LogP contribution in [-0.4, -0.2) is 16.8 Å². The molecule has 2 atom stereocenters. The lowest BCUT2D eigenvalue weighted by atomic mass is 9.93. The van der Waals surface area contributed by atoms with Crippen LogP contribution in [0.5, 0.6) is 0 Å². The summed E-state index contributed by atoms with van der Waals surface area (Å²) in [4.78, 5) is 29.0. The number of rotatable bonds is 4. The molecule has 1 heterocycles. The summed E-state index contributed by atoms with van der Waals surface area (Å²) in [6.45, 7) is 0. The Kier molecular flexibility index (Phi) is 5.41. The van der Waals surface area contributed by atoms with Crippen LogP contribution in [0.4, 0.5) is 11.5 Å². The van der Waals surface area contributed by atoms with Gasteiger partial charge >= 0.3 is 0 Å². The van der Waals surface area contributed by atoms with Crippen molar-refractivity contribution in [3.8, 4) is 0 Å². The molecular formula is C19H23N3O2. The van der Waals surface area contributed by atoms with E-state index in [0.29, 0.717) is 11.5 Å². The fourth-order valence-corrected chi connectivity index (χ4v) is 3.12. The Morgan fingerprint density at radius 1 is 0.917 bits per heavy atom. The molecule has 5 heteroatoms. The fraction of sp³-hybridized carbons (Fsp3) is 0.421. The van der Waals surface area contributed by atoms with Crippen molar-refractivity contribution in [3.05, 3.63) is 42.6 Å². The third-order valence-electron chi connectivity index (χ3n) is 4.59. The topological polar surface area (TPSA) is 71.1 Å². The van der Waals surface area contributed by atoms with Gasteiger partial charge in [-0.15, -0.1) is 0 Å². The predicted molar refractivity (Wildman–Crippen MR) is 94.5 cm³/mol. The molecule has 2 aliphatic rings. The summed E-state index contributed by atoms with van der Waals surface area (Å²) < 4.78 is 0. The van der Waals surface area contributed by atoms with E-state index in [0.717, 1.165) is 38.5 Å². The number of carbonyl (C=O) groups is 2. The lowest BCUT2D eigenvalue weighted by molar-refractivity contribution is -0.121. The van der Waals surface area contributed by atoms with Crippen LogP contribution in [0, 0.1) is 11.8 Å². The van der Waals surface area contributed by atoms with Gasteiger partial charge in [-0.05, 0) is 50.7 Å². The number of nitrogens with zero attached hydrogens (tertiary/aromatic N) is 1. The molecule has 2 aliphatic carbocycles. The first-order valence-electron chi connectivity index (χ1n) is 8.61. The summed E-state index contributed by atoms with van der Waals surface area (Å²) in [6.07, 6.45) is 15.0. The van der Waals surface area contributed by atoms with E-state index in [1.165, 1.54) is 0 Å². The standard InChI is InChI=1S/C19H23N3O2/c23-18(14-8-3-1-4-9-14)21-16-12-7-13-20-17(16)22-19(24)15-10-5-2-6-11-15/h1-3,5,7,12-15H,4,6,8-11H2,(H,21,23)(H,20,22,24). The second-order valence-electron chi connectivity index (χ2n) is 6.34. The van der Waals surface area contributed by atoms with Crippen molar-refractivity contribution in [1.82, 2.24) is 4.98 Å². The van der Waals surface area contributed by atoms with E-state index < -0.39 is 0 Å². The summed E-state index contributed by atoms with van der Waals surface area (Å²) in [5, 5.41) is 5.80. The maximum absolute atomic E-state index is 12.4. The molecule has 0 bridgehead atoms. The highest BCUT2D eigenvalue weighted by Crippen LogP contribution is 2.25. The molecule has 3 rings (SSSR count). The monoisotopic (exact) mass is 325 g/mol. The Bertz CT molecular complexity index is 609. The summed E-state index contributed by atoms with van der Waals surface area (Å²) in [5.74, 6) is 0.348. The van der Waals surface area contributed by atoms with E-state index in [4.69, 9.17) is 0 Å². The molecule has 5 nitrogen and oxygen atoms in total. The van der Waals surface area contributed by atoms with Crippen molar-refractivity contribution in [2.75, 3.05) is 10.6 Å². The zero-order chi connectivity index (χ0) is 16.8. The van der Waals surface area contributed by atoms with E-state index in [9.17, 15) is 9.59 Å². The summed E-state index contributed by atoms with van der Waals surface area (Å²) >= 11 is 0. The predicted octanol–water partition coefficient (Wildman–Crippen LogP) is 3.67. The van der Waals surface area contributed by atoms with Crippen molar-refractivity contribution in [2.45, 2.75) is 38.5 Å². The van der Waals surface area contributed by atoms with Crippen molar-refractivity contribution in [2.24, 2.45) is 11.8 Å². The molecule has 0 saturated heterocycles. The Morgan fingerprint density at radius 3 is 2.12 bits per heavy atom. The first-order valence-corrected chi connectivity index (χ1v) is 8.61. The Balaban J connectivity index is 1.66. The van der Waals surface area contributed by atoms with E-state index in [1.54, 1.807) is 18.3 Å². The number of hydrogen-bond acceptors (Lipinski definition) is 3. The highest BCUT2D eigenvalue weighted by molar-refractivity contribution is 5.99. The maximum atomic E-state index is 12.4. The molecule has 0 fully saturated rings. The Labute approximate surface area is 142 Å². The van der Waals surface area contributed by atoms with E-state index in [1.807, 2.05) is 6.08 Å². The molecule has 0 spiro atoms. The average molecular weight is 325 g/mol. The first kappa shape index (κ1) is 16.4. The summed E-state index contributed by atoms with van der Waals surface area (Å²) in [5.41, 5.74) is 0.566. The molecule has 1 aromatic rings. The molecular weight excluding hydrogens is 302 g/mol. The van der Waals surface area contributed by atoms with Crippen LogP contribution in [0.2, 0.25) is 0 Å². The minimum Gasteiger partial charge on any atom is -0.323 e. The van der Waals surface area contributed by atoms with Gasteiger partial charge in [-0.1, -0.05) is 24.3 Å². The minimum absolute atomic E-state index is 0.0107. The molecule has 2 amide bonds. The quantitative estimate of drug-likeness (QED) is 0.830. The van der Waals surface area contributed by atoms with Gasteiger partial charge in [0.15, 0.2) is 5.82 Å². The van der Waals surface area contributed by atoms with Crippen LogP contribution in [0.15, 0.2) is 42.6 Å². The van der Waals surface area contributed by atoms with Crippen molar-refractivity contribution >= 4 is 23.3 Å². The number of aromatic nitrogens is 1. The number of nitrogens with one attached hydrogen (secondary N) is 2. The Hall–Kier alpha value is -2.43. The number of carbonyl (C=O) groups excluding carboxylic acids is 2. The zero-order valence-corrected chi connectivity index (χ0v) is 13.7. The highest BCUT2D eigenvalue weighted by atomic mass is 16.2. The molecule has 2 N–H and O–H groups in total. The molecule has 0 radical (unpaired) electrons. The molecule has 0 saturated carbocycles. The van der Waals surface area contributed by atoms with Crippen LogP contribution in [0.1, 0.15) is 38.5 Å². The van der Waals surface area contributed by atoms with Crippen LogP contribution < -0.4 is 10.6 Å². The number of amides is 2. The fourth-order valence-electron chi connectivity index (χ4n) is 3.12. The molecule has 0 aliphatic heterocycles. The molecule has 2 unspecified atom stereocenters. The maximum Gasteiger partial charge on any atom is 0.229 e. The van der Waals surface area contributed by atoms with Gasteiger partial charge in [0.2, 0.25) is 11.8 Å². The minimum atomic E-state index is -0.0332. The van der Waals surface area contributed by atoms with Crippen molar-refractivity contribution in [3.63, 3.8) is 0 Å². The van der Waals surface area contributed by atoms with Gasteiger partial charge in [0.05, 0.1) is 5.69 Å². The number of hydrogen-bond donors (Lipinski definition) is 2. The van der Waals surface area contributed by atoms with Gasteiger partial charge in [0, 0.05) is 18.0 Å². The number of allylic oxidation sites excluding steroid dienone is 4. The molecule has 24 heavy (non-hydrogen) atoms. The second-order valence-corrected chi connectivity index (χ2v) is 6.34. The van der Waals surface area contributed by atoms with Gasteiger partial charge in [-0.25, -0.2) is 4.98 Å². The van der Waals surface area contributed by atoms with Gasteiger partial charge in [-0.2, -0.15) is 0 Å². The molecule has 0 aromatic carbocycles. The third kappa shape index (κ3) is 4.10. The smallest absolute Gasteiger partial charge is 0.229 e.